The van der Waals surface area contributed by atoms with Crippen LogP contribution in [-0.2, 0) is 30.9 Å². The normalized spacial score (nSPS) is 17.3. The van der Waals surface area contributed by atoms with Crippen molar-refractivity contribution in [1.29, 1.82) is 0 Å². The van der Waals surface area contributed by atoms with Crippen LogP contribution >= 0.6 is 11.3 Å². The second kappa shape index (κ2) is 6.09. The number of thiophene rings is 1. The first-order valence-corrected chi connectivity index (χ1v) is 9.03. The smallest absolute Gasteiger partial charge is 0.264 e. The maximum atomic E-state index is 12.6. The molecule has 5 nitrogen and oxygen atoms in total. The highest BCUT2D eigenvalue weighted by Crippen LogP contribution is 2.33. The average molecular weight is 331 g/mol. The summed E-state index contributed by atoms with van der Waals surface area (Å²) in [7, 11) is 1.70. The number of rotatable bonds is 5. The van der Waals surface area contributed by atoms with E-state index in [1.165, 1.54) is 35.4 Å². The van der Waals surface area contributed by atoms with Gasteiger partial charge in [-0.2, -0.15) is 5.10 Å². The van der Waals surface area contributed by atoms with Gasteiger partial charge in [0.05, 0.1) is 17.2 Å². The lowest BCUT2D eigenvalue weighted by Crippen LogP contribution is -2.36. The van der Waals surface area contributed by atoms with Crippen molar-refractivity contribution in [1.82, 2.24) is 14.7 Å². The number of nitrogens with zero attached hydrogens (tertiary/aromatic N) is 3. The maximum absolute atomic E-state index is 12.6. The number of ether oxygens (including phenoxy) is 1. The molecule has 1 amide bonds. The molecular weight excluding hydrogens is 310 g/mol. The number of hydrogen-bond donors (Lipinski definition) is 0. The number of carbonyl (C=O) groups is 1. The van der Waals surface area contributed by atoms with E-state index in [0.29, 0.717) is 13.2 Å². The Morgan fingerprint density at radius 3 is 3.04 bits per heavy atom. The third-order valence-corrected chi connectivity index (χ3v) is 5.50. The first-order chi connectivity index (χ1) is 11.3. The van der Waals surface area contributed by atoms with E-state index in [4.69, 9.17) is 9.84 Å². The molecule has 1 aliphatic carbocycles. The summed E-state index contributed by atoms with van der Waals surface area (Å²) in [4.78, 5) is 15.4. The molecule has 0 unspecified atom stereocenters. The molecule has 1 fully saturated rings. The summed E-state index contributed by atoms with van der Waals surface area (Å²) in [5.74, 6) is 0.920. The zero-order valence-electron chi connectivity index (χ0n) is 13.3. The van der Waals surface area contributed by atoms with Gasteiger partial charge in [-0.05, 0) is 30.2 Å². The fourth-order valence-electron chi connectivity index (χ4n) is 3.24. The van der Waals surface area contributed by atoms with E-state index in [1.807, 2.05) is 22.4 Å². The number of fused-ring (bicyclic) bond motifs is 1. The van der Waals surface area contributed by atoms with Crippen LogP contribution < -0.4 is 0 Å². The monoisotopic (exact) mass is 331 g/mol. The zero-order valence-corrected chi connectivity index (χ0v) is 14.1. The van der Waals surface area contributed by atoms with E-state index in [9.17, 15) is 4.79 Å². The molecule has 2 aliphatic rings. The minimum Gasteiger partial charge on any atom is -0.378 e. The summed E-state index contributed by atoms with van der Waals surface area (Å²) in [6.07, 6.45) is 3.52. The predicted octanol–water partition coefficient (Wildman–Crippen LogP) is 2.70. The summed E-state index contributed by atoms with van der Waals surface area (Å²) in [6.45, 7) is 2.95. The van der Waals surface area contributed by atoms with Crippen LogP contribution in [0.5, 0.6) is 0 Å². The van der Waals surface area contributed by atoms with Gasteiger partial charge in [-0.15, -0.1) is 11.3 Å². The van der Waals surface area contributed by atoms with Gasteiger partial charge in [0, 0.05) is 44.4 Å². The van der Waals surface area contributed by atoms with Crippen LogP contribution in [0, 0.1) is 5.92 Å². The van der Waals surface area contributed by atoms with Crippen molar-refractivity contribution in [3.8, 4) is 0 Å². The number of carbonyl (C=O) groups excluding carboxylic acids is 1. The third kappa shape index (κ3) is 2.93. The summed E-state index contributed by atoms with van der Waals surface area (Å²) in [6, 6.07) is 3.83. The standard InChI is InChI=1S/C17H21N3O2S/c1-22-11-14-13-10-19(17(21)16-3-2-8-23-16)7-6-15(13)20(18-14)9-12-4-5-12/h2-3,8,12H,4-7,9-11H2,1H3. The van der Waals surface area contributed by atoms with Gasteiger partial charge >= 0.3 is 0 Å². The van der Waals surface area contributed by atoms with Crippen LogP contribution in [0.25, 0.3) is 0 Å². The van der Waals surface area contributed by atoms with Crippen molar-refractivity contribution in [2.45, 2.75) is 39.0 Å². The minimum absolute atomic E-state index is 0.129. The molecule has 3 heterocycles. The van der Waals surface area contributed by atoms with Gasteiger partial charge in [0.2, 0.25) is 0 Å². The highest BCUT2D eigenvalue weighted by atomic mass is 32.1. The van der Waals surface area contributed by atoms with E-state index in [1.54, 1.807) is 7.11 Å². The molecular formula is C17H21N3O2S. The van der Waals surface area contributed by atoms with Crippen molar-refractivity contribution in [3.63, 3.8) is 0 Å². The molecule has 0 aromatic carbocycles. The average Bonchev–Trinajstić information content (AvgIpc) is 3.09. The molecule has 0 radical (unpaired) electrons. The summed E-state index contributed by atoms with van der Waals surface area (Å²) in [5.41, 5.74) is 3.50. The van der Waals surface area contributed by atoms with Crippen LogP contribution in [0.1, 0.15) is 39.5 Å². The summed E-state index contributed by atoms with van der Waals surface area (Å²) >= 11 is 1.51. The Hall–Kier alpha value is -1.66. The van der Waals surface area contributed by atoms with E-state index < -0.39 is 0 Å². The molecule has 0 N–H and O–H groups in total. The molecule has 2 aromatic rings. The Kier molecular flexibility index (Phi) is 3.95. The number of hydrogen-bond acceptors (Lipinski definition) is 4. The zero-order chi connectivity index (χ0) is 15.8. The highest BCUT2D eigenvalue weighted by Gasteiger charge is 2.30. The second-order valence-electron chi connectivity index (χ2n) is 6.38. The SMILES string of the molecule is COCc1nn(CC2CC2)c2c1CN(C(=O)c1cccs1)CC2. The number of methoxy groups -OCH3 is 1. The van der Waals surface area contributed by atoms with E-state index >= 15 is 0 Å². The molecule has 0 bridgehead atoms. The van der Waals surface area contributed by atoms with E-state index in [0.717, 1.165) is 36.0 Å². The van der Waals surface area contributed by atoms with Gasteiger partial charge in [-0.25, -0.2) is 0 Å². The van der Waals surface area contributed by atoms with Gasteiger partial charge in [0.1, 0.15) is 0 Å². The van der Waals surface area contributed by atoms with Crippen LogP contribution in [-0.4, -0.2) is 34.2 Å². The fourth-order valence-corrected chi connectivity index (χ4v) is 3.93. The highest BCUT2D eigenvalue weighted by molar-refractivity contribution is 7.12. The lowest BCUT2D eigenvalue weighted by molar-refractivity contribution is 0.0736. The van der Waals surface area contributed by atoms with Crippen molar-refractivity contribution < 1.29 is 9.53 Å². The molecule has 2 aromatic heterocycles. The Labute approximate surface area is 139 Å². The van der Waals surface area contributed by atoms with Gasteiger partial charge in [-0.3, -0.25) is 9.48 Å². The van der Waals surface area contributed by atoms with Crippen molar-refractivity contribution in [2.24, 2.45) is 5.92 Å². The van der Waals surface area contributed by atoms with Crippen LogP contribution in [0.3, 0.4) is 0 Å². The number of aromatic nitrogens is 2. The number of amides is 1. The maximum Gasteiger partial charge on any atom is 0.264 e. The molecule has 23 heavy (non-hydrogen) atoms. The van der Waals surface area contributed by atoms with Crippen LogP contribution in [0.15, 0.2) is 17.5 Å². The Morgan fingerprint density at radius 2 is 2.35 bits per heavy atom. The molecule has 122 valence electrons. The fraction of sp³-hybridized carbons (Fsp3) is 0.529. The van der Waals surface area contributed by atoms with E-state index in [2.05, 4.69) is 4.68 Å². The van der Waals surface area contributed by atoms with E-state index in [-0.39, 0.29) is 5.91 Å². The Morgan fingerprint density at radius 1 is 1.48 bits per heavy atom. The topological polar surface area (TPSA) is 47.4 Å². The largest absolute Gasteiger partial charge is 0.378 e. The van der Waals surface area contributed by atoms with Crippen LogP contribution in [0.4, 0.5) is 0 Å². The minimum atomic E-state index is 0.129. The van der Waals surface area contributed by atoms with Gasteiger partial charge in [-0.1, -0.05) is 6.07 Å². The van der Waals surface area contributed by atoms with Crippen molar-refractivity contribution in [2.75, 3.05) is 13.7 Å². The van der Waals surface area contributed by atoms with Crippen molar-refractivity contribution in [3.05, 3.63) is 39.3 Å². The molecule has 0 spiro atoms. The lowest BCUT2D eigenvalue weighted by atomic mass is 10.0. The summed E-state index contributed by atoms with van der Waals surface area (Å²) < 4.78 is 7.49. The molecule has 4 rings (SSSR count). The Bertz CT molecular complexity index is 704. The summed E-state index contributed by atoms with van der Waals surface area (Å²) in [5, 5.41) is 6.73. The quantitative estimate of drug-likeness (QED) is 0.846. The molecule has 1 aliphatic heterocycles. The van der Waals surface area contributed by atoms with Crippen molar-refractivity contribution >= 4 is 17.2 Å². The second-order valence-corrected chi connectivity index (χ2v) is 7.33. The molecule has 1 saturated carbocycles. The molecule has 0 atom stereocenters. The first kappa shape index (κ1) is 14.9. The Balaban J connectivity index is 1.59. The molecule has 6 heteroatoms. The lowest BCUT2D eigenvalue weighted by Gasteiger charge is -2.27. The third-order valence-electron chi connectivity index (χ3n) is 4.65. The van der Waals surface area contributed by atoms with Gasteiger partial charge in [0.25, 0.3) is 5.91 Å². The van der Waals surface area contributed by atoms with Crippen LogP contribution in [0.2, 0.25) is 0 Å². The first-order valence-electron chi connectivity index (χ1n) is 8.15. The predicted molar refractivity (Wildman–Crippen MR) is 88.4 cm³/mol. The molecule has 0 saturated heterocycles. The van der Waals surface area contributed by atoms with Gasteiger partial charge < -0.3 is 9.64 Å². The van der Waals surface area contributed by atoms with Gasteiger partial charge in [0.15, 0.2) is 0 Å².